The van der Waals surface area contributed by atoms with Crippen LogP contribution in [0.25, 0.3) is 0 Å². The minimum Gasteiger partial charge on any atom is -0.394 e. The summed E-state index contributed by atoms with van der Waals surface area (Å²) < 4.78 is 116. The SMILES string of the molecule is OC[C@H]1O[C@H](OC[C@H]2O[C@H](OC[C@H]3O[C@H](OC[C@H]4O[C@H](OC[C@H]5O[C@H](OC[C@H]6O[C@H](OC[C@H]7O[C@H](OC[C@H]8O[C@H](OC[C@H]9O[C@H](OC[C@H]%10O[C@H](OC[C@H]%11OC(O)[C@H](O)[C@@H](O)[C@@H]%11O)[C@H](O)[C@@H](O)[C@@H]%10O)[C@H](O)[C@@H](O)[C@@H]9O)[C@H](O)[C@@H](O)[C@@H]8O)[C@H](O)[C@@H](O)[C@@H]7O)[C@H](O)[C@@H](O)[C@@H]6O)[C@H](O)[C@@H](O)[C@@H]5O)[C@H](O)[C@@H](O)[C@@H]4O)[C@H](O)[C@@H](O)[C@@H]3O)[C@H](O)[C@H](O)[C@@H]2O)[C@H](O)[C@@H](O)[C@@H]1O. The van der Waals surface area contributed by atoms with Gasteiger partial charge in [-0.15, -0.1) is 0 Å². The molecule has 11 fully saturated rings. The van der Waals surface area contributed by atoms with Gasteiger partial charge in [0.2, 0.25) is 0 Å². The molecule has 11 saturated heterocycles. The molecule has 0 aromatic carbocycles. The van der Waals surface area contributed by atoms with Gasteiger partial charge in [-0.1, -0.05) is 0 Å². The van der Waals surface area contributed by atoms with Crippen molar-refractivity contribution in [2.24, 2.45) is 0 Å². The van der Waals surface area contributed by atoms with E-state index in [2.05, 4.69) is 0 Å². The molecular formula is C66H112O56. The lowest BCUT2D eigenvalue weighted by molar-refractivity contribution is -0.355. The maximum absolute atomic E-state index is 11.0. The highest BCUT2D eigenvalue weighted by atomic mass is 16.8. The largest absolute Gasteiger partial charge is 0.394 e. The summed E-state index contributed by atoms with van der Waals surface area (Å²) in [7, 11) is 0. The van der Waals surface area contributed by atoms with Crippen LogP contribution in [-0.4, -0.2) is 589 Å². The molecule has 0 aromatic rings. The third kappa shape index (κ3) is 22.1. The Morgan fingerprint density at radius 1 is 0.123 bits per heavy atom. The van der Waals surface area contributed by atoms with E-state index in [0.29, 0.717) is 0 Å². The van der Waals surface area contributed by atoms with Gasteiger partial charge in [0.25, 0.3) is 0 Å². The Bertz CT molecular complexity index is 3060. The average Bonchev–Trinajstić information content (AvgIpc) is 0.793. The zero-order valence-corrected chi connectivity index (χ0v) is 63.8. The molecule has 1 unspecified atom stereocenters. The molecule has 0 aromatic heterocycles. The number of ether oxygens (including phenoxy) is 21. The molecule has 11 heterocycles. The third-order valence-electron chi connectivity index (χ3n) is 22.8. The maximum atomic E-state index is 11.0. The van der Waals surface area contributed by atoms with E-state index in [1.807, 2.05) is 0 Å². The maximum Gasteiger partial charge on any atom is 0.186 e. The fourth-order valence-corrected chi connectivity index (χ4v) is 14.9. The summed E-state index contributed by atoms with van der Waals surface area (Å²) in [6, 6.07) is 0. The average molecular weight is 1800 g/mol. The van der Waals surface area contributed by atoms with Crippen molar-refractivity contribution in [3.8, 4) is 0 Å². The van der Waals surface area contributed by atoms with Crippen LogP contribution in [0.4, 0.5) is 0 Å². The van der Waals surface area contributed by atoms with E-state index >= 15 is 0 Å². The second-order valence-electron chi connectivity index (χ2n) is 31.2. The fourth-order valence-electron chi connectivity index (χ4n) is 14.9. The lowest BCUT2D eigenvalue weighted by Gasteiger charge is -2.45. The lowest BCUT2D eigenvalue weighted by atomic mass is 9.97. The van der Waals surface area contributed by atoms with Gasteiger partial charge in [0.15, 0.2) is 69.2 Å². The summed E-state index contributed by atoms with van der Waals surface area (Å²) in [5.41, 5.74) is 0. The van der Waals surface area contributed by atoms with Crippen molar-refractivity contribution in [1.82, 2.24) is 0 Å². The monoisotopic (exact) mass is 1800 g/mol. The summed E-state index contributed by atoms with van der Waals surface area (Å²) in [5.74, 6) is 0. The molecule has 11 aliphatic heterocycles. The summed E-state index contributed by atoms with van der Waals surface area (Å²) >= 11 is 0. The molecule has 0 spiro atoms. The first-order valence-corrected chi connectivity index (χ1v) is 38.7. The predicted molar refractivity (Wildman–Crippen MR) is 362 cm³/mol. The standard InChI is InChI=1S/C66H112O56/c67-1-12-23(68)35(80)46(91)57(113-12)103-3-14-25(70)37(82)48(93)59(115-14)105-5-16-27(72)39(84)50(95)61(117-16)107-7-18-29(74)41(86)52(97)63(119-18)109-9-20-31(76)43(88)54(99)65(121-20)111-11-22-33(78)44(89)55(100)66(122-22)110-10-21-32(77)42(87)53(98)64(120-21)108-8-19-30(75)40(85)51(96)62(118-19)106-6-17-28(73)38(83)49(94)60(116-17)104-4-15-26(71)36(81)47(92)58(114-15)102-2-13-24(69)34(79)45(90)56(101)112-13/h12-101H,1-11H2/t12-,13-,14-,15-,16-,17-,18-,19-,20-,21-,22-,23-,24-,25-,26-,27-,28-,29-,30-,31-,32-,33-,34+,35+,36+,37-,38+,39+,40+,41+,42+,43+,44+,45-,46-,47-,48-,49-,50-,51-,52-,53-,54-,55-,56?,57+,58+,59+,60+,61+,62+,63+,64+,65+,66+/m1/s1. The molecule has 11 aliphatic rings. The van der Waals surface area contributed by atoms with Crippen molar-refractivity contribution < 1.29 is 278 Å². The second-order valence-corrected chi connectivity index (χ2v) is 31.2. The van der Waals surface area contributed by atoms with E-state index in [4.69, 9.17) is 99.5 Å². The molecule has 122 heavy (non-hydrogen) atoms. The number of hydrogen-bond acceptors (Lipinski definition) is 56. The van der Waals surface area contributed by atoms with E-state index in [1.165, 1.54) is 0 Å². The Hall–Kier alpha value is -2.24. The van der Waals surface area contributed by atoms with Crippen LogP contribution in [0, 0.1) is 0 Å². The molecule has 0 saturated carbocycles. The van der Waals surface area contributed by atoms with Crippen LogP contribution in [0.1, 0.15) is 0 Å². The summed E-state index contributed by atoms with van der Waals surface area (Å²) in [6.07, 6.45) is -107. The van der Waals surface area contributed by atoms with Crippen LogP contribution in [0.2, 0.25) is 0 Å². The van der Waals surface area contributed by atoms with Gasteiger partial charge in [0.1, 0.15) is 269 Å². The molecule has 0 aliphatic carbocycles. The van der Waals surface area contributed by atoms with Gasteiger partial charge in [-0.3, -0.25) is 0 Å². The molecular weight excluding hydrogens is 1690 g/mol. The van der Waals surface area contributed by atoms with Crippen molar-refractivity contribution in [2.45, 2.75) is 338 Å². The zero-order chi connectivity index (χ0) is 89.4. The number of rotatable bonds is 31. The first-order valence-electron chi connectivity index (χ1n) is 38.7. The summed E-state index contributed by atoms with van der Waals surface area (Å²) in [6.45, 7) is -9.52. The van der Waals surface area contributed by atoms with Gasteiger partial charge in [-0.05, 0) is 0 Å². The molecule has 0 amide bonds. The number of hydrogen-bond donors (Lipinski definition) is 35. The van der Waals surface area contributed by atoms with Crippen molar-refractivity contribution in [2.75, 3.05) is 72.7 Å². The summed E-state index contributed by atoms with van der Waals surface area (Å²) in [4.78, 5) is 0. The molecule has 712 valence electrons. The zero-order valence-electron chi connectivity index (χ0n) is 63.8. The van der Waals surface area contributed by atoms with Crippen LogP contribution in [0.3, 0.4) is 0 Å². The van der Waals surface area contributed by atoms with Crippen molar-refractivity contribution in [1.29, 1.82) is 0 Å². The smallest absolute Gasteiger partial charge is 0.186 e. The molecule has 0 bridgehead atoms. The first-order chi connectivity index (χ1) is 57.6. The van der Waals surface area contributed by atoms with Crippen molar-refractivity contribution >= 4 is 0 Å². The summed E-state index contributed by atoms with van der Waals surface area (Å²) in [5, 5.41) is 373. The Morgan fingerprint density at radius 2 is 0.230 bits per heavy atom. The highest BCUT2D eigenvalue weighted by Crippen LogP contribution is 2.36. The molecule has 35 N–H and O–H groups in total. The van der Waals surface area contributed by atoms with Crippen LogP contribution >= 0.6 is 0 Å². The first kappa shape index (κ1) is 100. The highest BCUT2D eigenvalue weighted by molar-refractivity contribution is 5.01. The predicted octanol–water partition coefficient (Wildman–Crippen LogP) is -25.0. The van der Waals surface area contributed by atoms with Crippen molar-refractivity contribution in [3.05, 3.63) is 0 Å². The minimum absolute atomic E-state index is 0.744. The van der Waals surface area contributed by atoms with Crippen LogP contribution in [0.15, 0.2) is 0 Å². The molecule has 55 atom stereocenters. The van der Waals surface area contributed by atoms with E-state index in [9.17, 15) is 179 Å². The molecule has 0 radical (unpaired) electrons. The van der Waals surface area contributed by atoms with Crippen LogP contribution in [-0.2, 0) is 99.5 Å². The quantitative estimate of drug-likeness (QED) is 0.0306. The molecule has 56 heteroatoms. The van der Waals surface area contributed by atoms with E-state index < -0.39 is 410 Å². The second kappa shape index (κ2) is 43.4. The van der Waals surface area contributed by atoms with Gasteiger partial charge in [0.05, 0.1) is 72.7 Å². The highest BCUT2D eigenvalue weighted by Gasteiger charge is 2.57. The normalized spacial score (nSPS) is 53.8. The minimum atomic E-state index is -2.16. The molecule has 11 rings (SSSR count). The van der Waals surface area contributed by atoms with E-state index in [-0.39, 0.29) is 0 Å². The van der Waals surface area contributed by atoms with Gasteiger partial charge in [-0.2, -0.15) is 0 Å². The lowest BCUT2D eigenvalue weighted by Crippen LogP contribution is -2.64. The molecule has 56 nitrogen and oxygen atoms in total. The number of aliphatic hydroxyl groups is 35. The number of aliphatic hydroxyl groups excluding tert-OH is 35. The Balaban J connectivity index is 0.627. The van der Waals surface area contributed by atoms with Gasteiger partial charge < -0.3 is 278 Å². The van der Waals surface area contributed by atoms with Gasteiger partial charge >= 0.3 is 0 Å². The Morgan fingerprint density at radius 3 is 0.361 bits per heavy atom. The van der Waals surface area contributed by atoms with Gasteiger partial charge in [0, 0.05) is 0 Å². The third-order valence-corrected chi connectivity index (χ3v) is 22.8. The van der Waals surface area contributed by atoms with E-state index in [0.717, 1.165) is 0 Å². The fraction of sp³-hybridized carbons (Fsp3) is 1.00. The topological polar surface area (TPSA) is 902 Å². The van der Waals surface area contributed by atoms with E-state index in [1.54, 1.807) is 0 Å². The van der Waals surface area contributed by atoms with Crippen molar-refractivity contribution in [3.63, 3.8) is 0 Å². The Labute approximate surface area is 687 Å². The van der Waals surface area contributed by atoms with Crippen LogP contribution in [0.5, 0.6) is 0 Å². The van der Waals surface area contributed by atoms with Crippen LogP contribution < -0.4 is 0 Å². The Kier molecular flexibility index (Phi) is 35.7. The van der Waals surface area contributed by atoms with Gasteiger partial charge in [-0.25, -0.2) is 0 Å².